The number of nitrogens with zero attached hydrogens (tertiary/aromatic N) is 2. The lowest BCUT2D eigenvalue weighted by Gasteiger charge is -2.03. The minimum absolute atomic E-state index is 0.0770. The van der Waals surface area contributed by atoms with Crippen LogP contribution in [0, 0.1) is 0 Å². The van der Waals surface area contributed by atoms with E-state index >= 15 is 0 Å². The molecule has 0 unspecified atom stereocenters. The molecule has 1 N–H and O–H groups in total. The van der Waals surface area contributed by atoms with Crippen molar-refractivity contribution in [3.05, 3.63) is 58.9 Å². The van der Waals surface area contributed by atoms with Crippen LogP contribution < -0.4 is 0 Å². The first-order chi connectivity index (χ1) is 9.74. The molecule has 0 bridgehead atoms. The molecule has 20 heavy (non-hydrogen) atoms. The fraction of sp³-hybridized carbons (Fsp3) is 0.188. The van der Waals surface area contributed by atoms with Gasteiger partial charge < -0.3 is 5.11 Å². The van der Waals surface area contributed by atoms with Gasteiger partial charge in [0.2, 0.25) is 0 Å². The number of halogens is 1. The molecular formula is C16H15ClN2O. The summed E-state index contributed by atoms with van der Waals surface area (Å²) in [6, 6.07) is 11.9. The van der Waals surface area contributed by atoms with Gasteiger partial charge in [0.05, 0.1) is 23.0 Å². The fourth-order valence-electron chi connectivity index (χ4n) is 2.36. The molecule has 0 aliphatic heterocycles. The molecule has 4 heteroatoms. The first-order valence-electron chi connectivity index (χ1n) is 6.60. The molecule has 0 spiro atoms. The van der Waals surface area contributed by atoms with E-state index in [-0.39, 0.29) is 6.61 Å². The van der Waals surface area contributed by atoms with Gasteiger partial charge >= 0.3 is 0 Å². The Morgan fingerprint density at radius 2 is 1.95 bits per heavy atom. The summed E-state index contributed by atoms with van der Waals surface area (Å²) >= 11 is 6.17. The number of hydrogen-bond acceptors (Lipinski definition) is 2. The highest BCUT2D eigenvalue weighted by molar-refractivity contribution is 6.33. The van der Waals surface area contributed by atoms with Gasteiger partial charge in [-0.05, 0) is 24.1 Å². The number of imidazole rings is 1. The molecule has 2 heterocycles. The second-order valence-corrected chi connectivity index (χ2v) is 5.07. The summed E-state index contributed by atoms with van der Waals surface area (Å²) < 4.78 is 1.84. The molecule has 0 aliphatic carbocycles. The minimum atomic E-state index is -0.0770. The summed E-state index contributed by atoms with van der Waals surface area (Å²) in [6.45, 7) is 2.05. The lowest BCUT2D eigenvalue weighted by Crippen LogP contribution is -1.94. The van der Waals surface area contributed by atoms with Gasteiger partial charge in [0, 0.05) is 11.8 Å². The van der Waals surface area contributed by atoms with Gasteiger partial charge in [0.1, 0.15) is 0 Å². The molecule has 0 atom stereocenters. The normalized spacial score (nSPS) is 11.2. The lowest BCUT2D eigenvalue weighted by atomic mass is 10.1. The Balaban J connectivity index is 2.21. The number of hydrogen-bond donors (Lipinski definition) is 1. The highest BCUT2D eigenvalue weighted by Gasteiger charge is 2.14. The van der Waals surface area contributed by atoms with Crippen molar-refractivity contribution in [1.29, 1.82) is 0 Å². The molecule has 0 amide bonds. The minimum Gasteiger partial charge on any atom is -0.390 e. The van der Waals surface area contributed by atoms with Crippen molar-refractivity contribution in [2.45, 2.75) is 20.0 Å². The molecule has 102 valence electrons. The van der Waals surface area contributed by atoms with E-state index in [0.29, 0.717) is 10.7 Å². The Bertz CT molecular complexity index is 747. The van der Waals surface area contributed by atoms with E-state index in [9.17, 15) is 5.11 Å². The van der Waals surface area contributed by atoms with Gasteiger partial charge in [0.25, 0.3) is 0 Å². The molecular weight excluding hydrogens is 272 g/mol. The molecule has 0 fully saturated rings. The Morgan fingerprint density at radius 3 is 2.60 bits per heavy atom. The summed E-state index contributed by atoms with van der Waals surface area (Å²) in [5, 5.41) is 10.2. The van der Waals surface area contributed by atoms with E-state index in [1.807, 2.05) is 28.8 Å². The summed E-state index contributed by atoms with van der Waals surface area (Å²) in [6.07, 6.45) is 2.87. The SMILES string of the molecule is CCc1ccc(-c2nc3c(Cl)cccn3c2CO)cc1. The average molecular weight is 287 g/mol. The van der Waals surface area contributed by atoms with Gasteiger partial charge in [-0.1, -0.05) is 42.8 Å². The highest BCUT2D eigenvalue weighted by Crippen LogP contribution is 2.27. The summed E-state index contributed by atoms with van der Waals surface area (Å²) in [4.78, 5) is 4.58. The first kappa shape index (κ1) is 13.2. The molecule has 1 aromatic carbocycles. The van der Waals surface area contributed by atoms with Gasteiger partial charge in [-0.2, -0.15) is 0 Å². The van der Waals surface area contributed by atoms with Gasteiger partial charge in [-0.25, -0.2) is 4.98 Å². The van der Waals surface area contributed by atoms with E-state index in [1.54, 1.807) is 6.07 Å². The van der Waals surface area contributed by atoms with Crippen LogP contribution in [0.15, 0.2) is 42.6 Å². The molecule has 3 nitrogen and oxygen atoms in total. The van der Waals surface area contributed by atoms with Gasteiger partial charge in [-0.15, -0.1) is 0 Å². The lowest BCUT2D eigenvalue weighted by molar-refractivity contribution is 0.276. The van der Waals surface area contributed by atoms with Crippen molar-refractivity contribution < 1.29 is 5.11 Å². The van der Waals surface area contributed by atoms with Crippen LogP contribution in [0.3, 0.4) is 0 Å². The Labute approximate surface area is 122 Å². The maximum Gasteiger partial charge on any atom is 0.156 e. The Morgan fingerprint density at radius 1 is 1.20 bits per heavy atom. The molecule has 0 radical (unpaired) electrons. The number of rotatable bonds is 3. The zero-order valence-electron chi connectivity index (χ0n) is 11.2. The predicted octanol–water partition coefficient (Wildman–Crippen LogP) is 3.71. The molecule has 2 aromatic heterocycles. The van der Waals surface area contributed by atoms with Crippen molar-refractivity contribution in [2.75, 3.05) is 0 Å². The van der Waals surface area contributed by atoms with Gasteiger partial charge in [0.15, 0.2) is 5.65 Å². The second kappa shape index (κ2) is 5.27. The number of aliphatic hydroxyl groups is 1. The average Bonchev–Trinajstić information content (AvgIpc) is 2.87. The maximum atomic E-state index is 9.65. The monoisotopic (exact) mass is 286 g/mol. The summed E-state index contributed by atoms with van der Waals surface area (Å²) in [7, 11) is 0. The van der Waals surface area contributed by atoms with Crippen LogP contribution in [-0.2, 0) is 13.0 Å². The standard InChI is InChI=1S/C16H15ClN2O/c1-2-11-5-7-12(8-6-11)15-14(10-20)19-9-3-4-13(17)16(19)18-15/h3-9,20H,2,10H2,1H3. The topological polar surface area (TPSA) is 37.5 Å². The molecule has 0 saturated heterocycles. The molecule has 0 saturated carbocycles. The number of fused-ring (bicyclic) bond motifs is 1. The first-order valence-corrected chi connectivity index (χ1v) is 6.98. The quantitative estimate of drug-likeness (QED) is 0.797. The summed E-state index contributed by atoms with van der Waals surface area (Å²) in [5.74, 6) is 0. The van der Waals surface area contributed by atoms with Crippen molar-refractivity contribution in [2.24, 2.45) is 0 Å². The van der Waals surface area contributed by atoms with E-state index in [0.717, 1.165) is 23.4 Å². The van der Waals surface area contributed by atoms with E-state index < -0.39 is 0 Å². The third-order valence-corrected chi connectivity index (χ3v) is 3.78. The number of aromatic nitrogens is 2. The van der Waals surface area contributed by atoms with Crippen molar-refractivity contribution in [1.82, 2.24) is 9.38 Å². The smallest absolute Gasteiger partial charge is 0.156 e. The molecule has 3 aromatic rings. The van der Waals surface area contributed by atoms with E-state index in [4.69, 9.17) is 11.6 Å². The van der Waals surface area contributed by atoms with Crippen LogP contribution in [0.4, 0.5) is 0 Å². The van der Waals surface area contributed by atoms with Crippen LogP contribution in [-0.4, -0.2) is 14.5 Å². The van der Waals surface area contributed by atoms with Crippen LogP contribution in [0.1, 0.15) is 18.2 Å². The number of pyridine rings is 1. The van der Waals surface area contributed by atoms with Crippen molar-refractivity contribution in [3.63, 3.8) is 0 Å². The van der Waals surface area contributed by atoms with Crippen molar-refractivity contribution >= 4 is 17.2 Å². The second-order valence-electron chi connectivity index (χ2n) is 4.67. The fourth-order valence-corrected chi connectivity index (χ4v) is 2.57. The number of benzene rings is 1. The summed E-state index contributed by atoms with van der Waals surface area (Å²) in [5.41, 5.74) is 4.48. The van der Waals surface area contributed by atoms with Gasteiger partial charge in [-0.3, -0.25) is 4.40 Å². The highest BCUT2D eigenvalue weighted by atomic mass is 35.5. The third kappa shape index (κ3) is 2.09. The largest absolute Gasteiger partial charge is 0.390 e. The van der Waals surface area contributed by atoms with Crippen LogP contribution in [0.25, 0.3) is 16.9 Å². The maximum absolute atomic E-state index is 9.65. The van der Waals surface area contributed by atoms with Crippen LogP contribution >= 0.6 is 11.6 Å². The molecule has 3 rings (SSSR count). The predicted molar refractivity (Wildman–Crippen MR) is 80.9 cm³/mol. The number of aryl methyl sites for hydroxylation is 1. The molecule has 0 aliphatic rings. The van der Waals surface area contributed by atoms with Crippen LogP contribution in [0.5, 0.6) is 0 Å². The van der Waals surface area contributed by atoms with E-state index in [2.05, 4.69) is 24.0 Å². The Hall–Kier alpha value is -1.84. The van der Waals surface area contributed by atoms with Crippen LogP contribution in [0.2, 0.25) is 5.02 Å². The zero-order valence-corrected chi connectivity index (χ0v) is 11.9. The zero-order chi connectivity index (χ0) is 14.1. The third-order valence-electron chi connectivity index (χ3n) is 3.49. The number of aliphatic hydroxyl groups excluding tert-OH is 1. The van der Waals surface area contributed by atoms with E-state index in [1.165, 1.54) is 5.56 Å². The Kier molecular flexibility index (Phi) is 3.47. The van der Waals surface area contributed by atoms with Crippen molar-refractivity contribution in [3.8, 4) is 11.3 Å².